The molecule has 2 aromatic carbocycles. The predicted octanol–water partition coefficient (Wildman–Crippen LogP) is 3.34. The first-order valence-corrected chi connectivity index (χ1v) is 12.9. The van der Waals surface area contributed by atoms with E-state index in [1.807, 2.05) is 13.0 Å². The fourth-order valence-corrected chi connectivity index (χ4v) is 4.98. The molecule has 1 aromatic heterocycles. The molecule has 212 valence electrons. The lowest BCUT2D eigenvalue weighted by Gasteiger charge is -2.19. The number of nitrogens with zero attached hydrogens (tertiary/aromatic N) is 2. The van der Waals surface area contributed by atoms with Crippen LogP contribution in [0.15, 0.2) is 35.1 Å². The SMILES string of the molecule is COc1cc2c(c(OC)c1OC)-c1ccc(NC(C)C(=O)Nc3cc(C)n(C)n3)c(=O)cc1C(NC(C)=O)CC2. The summed E-state index contributed by atoms with van der Waals surface area (Å²) in [6.07, 6.45) is 1.14. The highest BCUT2D eigenvalue weighted by Crippen LogP contribution is 2.50. The molecule has 2 amide bonds. The van der Waals surface area contributed by atoms with E-state index in [9.17, 15) is 14.4 Å². The van der Waals surface area contributed by atoms with Crippen molar-refractivity contribution in [3.63, 3.8) is 0 Å². The average Bonchev–Trinajstić information content (AvgIpc) is 3.05. The third-order valence-corrected chi connectivity index (χ3v) is 7.05. The Bertz CT molecular complexity index is 1500. The zero-order valence-corrected chi connectivity index (χ0v) is 23.8. The number of methoxy groups -OCH3 is 3. The largest absolute Gasteiger partial charge is 0.493 e. The number of anilines is 2. The Morgan fingerprint density at radius 3 is 2.40 bits per heavy atom. The molecule has 4 rings (SSSR count). The molecule has 0 spiro atoms. The van der Waals surface area contributed by atoms with E-state index in [1.54, 1.807) is 51.1 Å². The molecule has 2 unspecified atom stereocenters. The number of carbonyl (C=O) groups is 2. The van der Waals surface area contributed by atoms with Crippen LogP contribution in [0, 0.1) is 6.92 Å². The molecule has 3 N–H and O–H groups in total. The fourth-order valence-electron chi connectivity index (χ4n) is 4.98. The van der Waals surface area contributed by atoms with Crippen molar-refractivity contribution < 1.29 is 23.8 Å². The number of amides is 2. The van der Waals surface area contributed by atoms with Gasteiger partial charge in [0.15, 0.2) is 17.3 Å². The number of carbonyl (C=O) groups excluding carboxylic acids is 2. The summed E-state index contributed by atoms with van der Waals surface area (Å²) in [5, 5.41) is 13.0. The highest BCUT2D eigenvalue weighted by atomic mass is 16.5. The van der Waals surface area contributed by atoms with Crippen molar-refractivity contribution in [3.8, 4) is 28.4 Å². The lowest BCUT2D eigenvalue weighted by Crippen LogP contribution is -2.33. The predicted molar refractivity (Wildman–Crippen MR) is 152 cm³/mol. The minimum Gasteiger partial charge on any atom is -0.493 e. The van der Waals surface area contributed by atoms with Crippen LogP contribution in [0.25, 0.3) is 11.1 Å². The van der Waals surface area contributed by atoms with E-state index >= 15 is 0 Å². The van der Waals surface area contributed by atoms with Gasteiger partial charge in [-0.3, -0.25) is 19.1 Å². The summed E-state index contributed by atoms with van der Waals surface area (Å²) in [4.78, 5) is 38.5. The first kappa shape index (κ1) is 28.5. The number of fused-ring (bicyclic) bond motifs is 3. The van der Waals surface area contributed by atoms with Crippen LogP contribution in [-0.2, 0) is 23.1 Å². The lowest BCUT2D eigenvalue weighted by molar-refractivity contribution is -0.119. The number of nitrogens with one attached hydrogen (secondary N) is 3. The van der Waals surface area contributed by atoms with E-state index in [0.717, 1.165) is 16.8 Å². The van der Waals surface area contributed by atoms with Crippen LogP contribution in [0.1, 0.15) is 43.1 Å². The van der Waals surface area contributed by atoms with Gasteiger partial charge in [-0.25, -0.2) is 0 Å². The topological polar surface area (TPSA) is 133 Å². The zero-order chi connectivity index (χ0) is 29.1. The molecule has 2 atom stereocenters. The number of aryl methyl sites for hydroxylation is 3. The fraction of sp³-hybridized carbons (Fsp3) is 0.379. The van der Waals surface area contributed by atoms with Gasteiger partial charge in [0.1, 0.15) is 6.04 Å². The maximum absolute atomic E-state index is 13.5. The molecule has 1 aliphatic rings. The van der Waals surface area contributed by atoms with Gasteiger partial charge in [0.25, 0.3) is 0 Å². The second kappa shape index (κ2) is 11.7. The number of hydrogen-bond acceptors (Lipinski definition) is 8. The Morgan fingerprint density at radius 2 is 1.80 bits per heavy atom. The summed E-state index contributed by atoms with van der Waals surface area (Å²) < 4.78 is 18.7. The van der Waals surface area contributed by atoms with Crippen LogP contribution < -0.4 is 35.6 Å². The number of ether oxygens (including phenoxy) is 3. The highest BCUT2D eigenvalue weighted by molar-refractivity contribution is 5.95. The third-order valence-electron chi connectivity index (χ3n) is 7.05. The van der Waals surface area contributed by atoms with Gasteiger partial charge in [-0.1, -0.05) is 6.07 Å². The van der Waals surface area contributed by atoms with Crippen molar-refractivity contribution in [3.05, 3.63) is 57.4 Å². The Hall–Kier alpha value is -4.54. The summed E-state index contributed by atoms with van der Waals surface area (Å²) in [6, 6.07) is 7.45. The van der Waals surface area contributed by atoms with Gasteiger partial charge in [-0.2, -0.15) is 5.10 Å². The van der Waals surface area contributed by atoms with Gasteiger partial charge in [0.2, 0.25) is 23.0 Å². The van der Waals surface area contributed by atoms with Crippen molar-refractivity contribution in [2.45, 2.75) is 45.7 Å². The Labute approximate surface area is 232 Å². The molecule has 0 radical (unpaired) electrons. The third kappa shape index (κ3) is 5.58. The van der Waals surface area contributed by atoms with Crippen LogP contribution in [0.4, 0.5) is 11.5 Å². The summed E-state index contributed by atoms with van der Waals surface area (Å²) in [7, 11) is 6.43. The molecule has 1 heterocycles. The number of rotatable bonds is 8. The maximum atomic E-state index is 13.5. The summed E-state index contributed by atoms with van der Waals surface area (Å²) in [5.41, 5.74) is 3.82. The van der Waals surface area contributed by atoms with Crippen LogP contribution in [0.2, 0.25) is 0 Å². The molecule has 0 saturated carbocycles. The van der Waals surface area contributed by atoms with Crippen molar-refractivity contribution >= 4 is 23.3 Å². The minimum absolute atomic E-state index is 0.212. The van der Waals surface area contributed by atoms with E-state index < -0.39 is 12.1 Å². The van der Waals surface area contributed by atoms with Gasteiger partial charge in [0, 0.05) is 31.3 Å². The van der Waals surface area contributed by atoms with Crippen LogP contribution in [0.3, 0.4) is 0 Å². The first-order valence-electron chi connectivity index (χ1n) is 12.9. The van der Waals surface area contributed by atoms with Gasteiger partial charge in [-0.05, 0) is 61.6 Å². The number of aromatic nitrogens is 2. The normalized spacial score (nSPS) is 14.6. The smallest absolute Gasteiger partial charge is 0.247 e. The summed E-state index contributed by atoms with van der Waals surface area (Å²) >= 11 is 0. The number of benzene rings is 1. The first-order chi connectivity index (χ1) is 19.1. The van der Waals surface area contributed by atoms with E-state index in [0.29, 0.717) is 47.0 Å². The lowest BCUT2D eigenvalue weighted by atomic mass is 9.95. The molecule has 0 saturated heterocycles. The van der Waals surface area contributed by atoms with Crippen molar-refractivity contribution in [1.82, 2.24) is 15.1 Å². The molecule has 11 nitrogen and oxygen atoms in total. The molecular weight excluding hydrogens is 514 g/mol. The molecule has 11 heteroatoms. The zero-order valence-electron chi connectivity index (χ0n) is 23.8. The Kier molecular flexibility index (Phi) is 8.32. The molecule has 0 fully saturated rings. The van der Waals surface area contributed by atoms with Crippen molar-refractivity contribution in [1.29, 1.82) is 0 Å². The monoisotopic (exact) mass is 549 g/mol. The molecule has 0 bridgehead atoms. The van der Waals surface area contributed by atoms with Crippen LogP contribution in [0.5, 0.6) is 17.2 Å². The van der Waals surface area contributed by atoms with Gasteiger partial charge in [0.05, 0.1) is 33.1 Å². The highest BCUT2D eigenvalue weighted by Gasteiger charge is 2.29. The van der Waals surface area contributed by atoms with Crippen molar-refractivity contribution in [2.75, 3.05) is 32.0 Å². The van der Waals surface area contributed by atoms with E-state index in [4.69, 9.17) is 14.2 Å². The van der Waals surface area contributed by atoms with Gasteiger partial charge in [-0.15, -0.1) is 0 Å². The molecule has 40 heavy (non-hydrogen) atoms. The van der Waals surface area contributed by atoms with Crippen LogP contribution in [-0.4, -0.2) is 49.0 Å². The second-order valence-corrected chi connectivity index (χ2v) is 9.75. The molecule has 0 aliphatic heterocycles. The van der Waals surface area contributed by atoms with Gasteiger partial charge >= 0.3 is 0 Å². The van der Waals surface area contributed by atoms with E-state index in [-0.39, 0.29) is 22.9 Å². The Morgan fingerprint density at radius 1 is 1.07 bits per heavy atom. The Balaban J connectivity index is 1.80. The minimum atomic E-state index is -0.741. The molecular formula is C29H35N5O6. The quantitative estimate of drug-likeness (QED) is 0.390. The van der Waals surface area contributed by atoms with Crippen molar-refractivity contribution in [2.24, 2.45) is 7.05 Å². The second-order valence-electron chi connectivity index (χ2n) is 9.75. The summed E-state index contributed by atoms with van der Waals surface area (Å²) in [5.74, 6) is 1.29. The van der Waals surface area contributed by atoms with E-state index in [2.05, 4.69) is 21.0 Å². The van der Waals surface area contributed by atoms with E-state index in [1.165, 1.54) is 20.1 Å². The standard InChI is InChI=1S/C29H35N5O6/c1-15-12-25(33-34(15)4)32-29(37)16(2)30-22-11-9-19-20(14-23(22)36)21(31-17(3)35)10-8-18-13-24(38-5)27(39-6)28(40-7)26(18)19/h9,11-14,16,21H,8,10H2,1-7H3,(H,30,36)(H,31,35)(H,32,33,37). The summed E-state index contributed by atoms with van der Waals surface area (Å²) in [6.45, 7) is 4.99. The van der Waals surface area contributed by atoms with Gasteiger partial charge < -0.3 is 30.2 Å². The average molecular weight is 550 g/mol. The van der Waals surface area contributed by atoms with Crippen LogP contribution >= 0.6 is 0 Å². The molecule has 3 aromatic rings. The molecule has 1 aliphatic carbocycles. The number of hydrogen-bond donors (Lipinski definition) is 3. The maximum Gasteiger partial charge on any atom is 0.247 e.